The fourth-order valence-corrected chi connectivity index (χ4v) is 4.75. The number of nitrogens with one attached hydrogen (secondary N) is 1. The third kappa shape index (κ3) is 4.10. The number of rotatable bonds is 5. The number of benzene rings is 1. The molecule has 29 heavy (non-hydrogen) atoms. The van der Waals surface area contributed by atoms with Crippen molar-refractivity contribution in [3.05, 3.63) is 51.6 Å². The van der Waals surface area contributed by atoms with Crippen molar-refractivity contribution in [2.24, 2.45) is 0 Å². The van der Waals surface area contributed by atoms with Gasteiger partial charge in [-0.05, 0) is 47.8 Å². The van der Waals surface area contributed by atoms with E-state index in [4.69, 9.17) is 0 Å². The maximum atomic E-state index is 12.5. The second-order valence-electron chi connectivity index (χ2n) is 6.50. The lowest BCUT2D eigenvalue weighted by Crippen LogP contribution is -2.36. The molecule has 0 saturated carbocycles. The Kier molecular flexibility index (Phi) is 5.50. The van der Waals surface area contributed by atoms with E-state index in [1.807, 2.05) is 17.5 Å². The molecule has 2 fully saturated rings. The van der Waals surface area contributed by atoms with E-state index in [2.05, 4.69) is 5.32 Å². The summed E-state index contributed by atoms with van der Waals surface area (Å²) in [4.78, 5) is 53.1. The molecule has 1 aromatic carbocycles. The molecule has 0 spiro atoms. The second kappa shape index (κ2) is 8.22. The summed E-state index contributed by atoms with van der Waals surface area (Å²) in [5.74, 6) is -0.966. The van der Waals surface area contributed by atoms with E-state index in [0.717, 1.165) is 28.0 Å². The minimum atomic E-state index is -0.497. The van der Waals surface area contributed by atoms with Crippen molar-refractivity contribution in [1.82, 2.24) is 4.90 Å². The molecule has 3 heterocycles. The van der Waals surface area contributed by atoms with Gasteiger partial charge in [0, 0.05) is 17.8 Å². The first kappa shape index (κ1) is 19.4. The molecule has 0 radical (unpaired) electrons. The first-order valence-electron chi connectivity index (χ1n) is 9.01. The third-order valence-electron chi connectivity index (χ3n) is 4.53. The number of carbonyl (C=O) groups excluding carboxylic acids is 4. The van der Waals surface area contributed by atoms with Gasteiger partial charge in [0.05, 0.1) is 16.3 Å². The Bertz CT molecular complexity index is 1020. The van der Waals surface area contributed by atoms with Gasteiger partial charge < -0.3 is 10.2 Å². The van der Waals surface area contributed by atoms with E-state index >= 15 is 0 Å². The van der Waals surface area contributed by atoms with Crippen molar-refractivity contribution >= 4 is 63.5 Å². The number of thioether (sulfide) groups is 1. The zero-order valence-corrected chi connectivity index (χ0v) is 16.9. The van der Waals surface area contributed by atoms with Crippen LogP contribution in [0.1, 0.15) is 17.7 Å². The topological polar surface area (TPSA) is 86.8 Å². The molecule has 2 saturated heterocycles. The minimum absolute atomic E-state index is 0.0105. The predicted octanol–water partition coefficient (Wildman–Crippen LogP) is 3.55. The van der Waals surface area contributed by atoms with Gasteiger partial charge in [-0.15, -0.1) is 11.3 Å². The van der Waals surface area contributed by atoms with E-state index in [9.17, 15) is 19.2 Å². The van der Waals surface area contributed by atoms with Gasteiger partial charge in [0.15, 0.2) is 0 Å². The van der Waals surface area contributed by atoms with Gasteiger partial charge in [-0.2, -0.15) is 0 Å². The summed E-state index contributed by atoms with van der Waals surface area (Å²) in [6.45, 7) is 0.219. The smallest absolute Gasteiger partial charge is 0.294 e. The molecular formula is C20H17N3O4S2. The van der Waals surface area contributed by atoms with E-state index < -0.39 is 17.1 Å². The summed E-state index contributed by atoms with van der Waals surface area (Å²) >= 11 is 2.28. The Labute approximate surface area is 175 Å². The van der Waals surface area contributed by atoms with Crippen molar-refractivity contribution in [1.29, 1.82) is 0 Å². The first-order valence-corrected chi connectivity index (χ1v) is 10.7. The summed E-state index contributed by atoms with van der Waals surface area (Å²) in [7, 11) is 0. The van der Waals surface area contributed by atoms with Crippen LogP contribution in [0.3, 0.4) is 0 Å². The summed E-state index contributed by atoms with van der Waals surface area (Å²) in [5.41, 5.74) is 1.10. The number of imide groups is 1. The minimum Gasteiger partial charge on any atom is -0.323 e. The number of amides is 4. The Hall–Kier alpha value is -2.91. The molecule has 4 amide bonds. The monoisotopic (exact) mass is 427 g/mol. The van der Waals surface area contributed by atoms with E-state index in [0.29, 0.717) is 29.2 Å². The lowest BCUT2D eigenvalue weighted by atomic mass is 10.2. The van der Waals surface area contributed by atoms with Crippen LogP contribution in [0.4, 0.5) is 16.2 Å². The number of para-hydroxylation sites is 2. The average Bonchev–Trinajstić information content (AvgIpc) is 3.42. The van der Waals surface area contributed by atoms with Crippen molar-refractivity contribution < 1.29 is 19.2 Å². The van der Waals surface area contributed by atoms with Crippen LogP contribution in [0.25, 0.3) is 6.08 Å². The molecule has 2 aromatic rings. The third-order valence-corrected chi connectivity index (χ3v) is 6.26. The Morgan fingerprint density at radius 2 is 1.97 bits per heavy atom. The van der Waals surface area contributed by atoms with Crippen LogP contribution in [-0.2, 0) is 14.4 Å². The van der Waals surface area contributed by atoms with Crippen LogP contribution in [0.5, 0.6) is 0 Å². The van der Waals surface area contributed by atoms with Crippen molar-refractivity contribution in [2.75, 3.05) is 23.3 Å². The van der Waals surface area contributed by atoms with Crippen molar-refractivity contribution in [3.63, 3.8) is 0 Å². The highest BCUT2D eigenvalue weighted by atomic mass is 32.2. The molecule has 0 atom stereocenters. The quantitative estimate of drug-likeness (QED) is 0.738. The maximum absolute atomic E-state index is 12.5. The largest absolute Gasteiger partial charge is 0.323 e. The highest BCUT2D eigenvalue weighted by Crippen LogP contribution is 2.33. The van der Waals surface area contributed by atoms with Gasteiger partial charge in [-0.1, -0.05) is 18.2 Å². The lowest BCUT2D eigenvalue weighted by Gasteiger charge is -2.20. The molecule has 0 bridgehead atoms. The highest BCUT2D eigenvalue weighted by Gasteiger charge is 2.36. The molecule has 1 N–H and O–H groups in total. The molecule has 7 nitrogen and oxygen atoms in total. The molecule has 9 heteroatoms. The fourth-order valence-electron chi connectivity index (χ4n) is 3.19. The van der Waals surface area contributed by atoms with Crippen LogP contribution in [0.2, 0.25) is 0 Å². The Morgan fingerprint density at radius 3 is 2.69 bits per heavy atom. The predicted molar refractivity (Wildman–Crippen MR) is 114 cm³/mol. The summed E-state index contributed by atoms with van der Waals surface area (Å²) < 4.78 is 0. The number of anilines is 2. The molecule has 0 aliphatic carbocycles. The molecule has 148 valence electrons. The highest BCUT2D eigenvalue weighted by molar-refractivity contribution is 8.18. The van der Waals surface area contributed by atoms with Gasteiger partial charge in [0.1, 0.15) is 6.54 Å². The van der Waals surface area contributed by atoms with Crippen LogP contribution < -0.4 is 10.2 Å². The van der Waals surface area contributed by atoms with Gasteiger partial charge in [0.25, 0.3) is 11.1 Å². The van der Waals surface area contributed by atoms with Gasteiger partial charge in [-0.25, -0.2) is 0 Å². The lowest BCUT2D eigenvalue weighted by molar-refractivity contribution is -0.127. The van der Waals surface area contributed by atoms with Gasteiger partial charge in [-0.3, -0.25) is 24.1 Å². The zero-order valence-electron chi connectivity index (χ0n) is 15.3. The number of hydrogen-bond acceptors (Lipinski definition) is 6. The molecule has 2 aliphatic rings. The van der Waals surface area contributed by atoms with Crippen LogP contribution >= 0.6 is 23.1 Å². The number of nitrogens with zero attached hydrogens (tertiary/aromatic N) is 2. The molecule has 4 rings (SSSR count). The van der Waals surface area contributed by atoms with E-state index in [1.165, 1.54) is 11.3 Å². The van der Waals surface area contributed by atoms with E-state index in [-0.39, 0.29) is 12.5 Å². The molecule has 2 aliphatic heterocycles. The standard InChI is InChI=1S/C20H17N3O4S2/c24-17(21-14-6-1-2-7-15(14)22-9-3-8-18(22)25)12-23-19(26)16(29-20(23)27)11-13-5-4-10-28-13/h1-2,4-7,10-11H,3,8-9,12H2,(H,21,24)/b16-11-. The molecular weight excluding hydrogens is 410 g/mol. The van der Waals surface area contributed by atoms with E-state index in [1.54, 1.807) is 35.2 Å². The number of hydrogen-bond donors (Lipinski definition) is 1. The number of carbonyl (C=O) groups is 4. The van der Waals surface area contributed by atoms with Crippen LogP contribution in [0.15, 0.2) is 46.7 Å². The maximum Gasteiger partial charge on any atom is 0.294 e. The fraction of sp³-hybridized carbons (Fsp3) is 0.200. The van der Waals surface area contributed by atoms with Crippen LogP contribution in [0, 0.1) is 0 Å². The summed E-state index contributed by atoms with van der Waals surface area (Å²) in [6.07, 6.45) is 2.91. The Balaban J connectivity index is 1.46. The first-order chi connectivity index (χ1) is 14.0. The van der Waals surface area contributed by atoms with Crippen LogP contribution in [-0.4, -0.2) is 41.0 Å². The number of thiophene rings is 1. The summed E-state index contributed by atoms with van der Waals surface area (Å²) in [5, 5.41) is 4.14. The van der Waals surface area contributed by atoms with Crippen molar-refractivity contribution in [2.45, 2.75) is 12.8 Å². The second-order valence-corrected chi connectivity index (χ2v) is 8.47. The Morgan fingerprint density at radius 1 is 1.14 bits per heavy atom. The van der Waals surface area contributed by atoms with Crippen molar-refractivity contribution in [3.8, 4) is 0 Å². The SMILES string of the molecule is O=C(CN1C(=O)S/C(=C\c2cccs2)C1=O)Nc1ccccc1N1CCCC1=O. The summed E-state index contributed by atoms with van der Waals surface area (Å²) in [6, 6.07) is 10.7. The zero-order chi connectivity index (χ0) is 20.4. The van der Waals surface area contributed by atoms with Gasteiger partial charge in [0.2, 0.25) is 11.8 Å². The molecule has 0 unspecified atom stereocenters. The average molecular weight is 428 g/mol. The molecule has 1 aromatic heterocycles. The van der Waals surface area contributed by atoms with Gasteiger partial charge >= 0.3 is 0 Å². The normalized spacial score (nSPS) is 18.2.